The number of hydrogen-bond donors (Lipinski definition) is 1. The quantitative estimate of drug-likeness (QED) is 0.428. The Bertz CT molecular complexity index is 1140. The highest BCUT2D eigenvalue weighted by Crippen LogP contribution is 2.36. The summed E-state index contributed by atoms with van der Waals surface area (Å²) in [5, 5.41) is 3.65. The van der Waals surface area contributed by atoms with Gasteiger partial charge in [0.25, 0.3) is 0 Å². The third-order valence-electron chi connectivity index (χ3n) is 8.09. The maximum absolute atomic E-state index is 15.6. The first-order chi connectivity index (χ1) is 16.4. The third kappa shape index (κ3) is 4.41. The van der Waals surface area contributed by atoms with Crippen LogP contribution in [0.5, 0.6) is 0 Å². The molecular weight excluding hydrogens is 427 g/mol. The predicted molar refractivity (Wildman–Crippen MR) is 134 cm³/mol. The molecule has 0 radical (unpaired) electrons. The van der Waals surface area contributed by atoms with Crippen LogP contribution in [0.3, 0.4) is 0 Å². The molecule has 2 aliphatic carbocycles. The SMILES string of the molecule is CC1CCC(Cn2c(-c3nccc(C(C)C)c3F)nc3ncnc(N[C@H](C)C4CCC4)c32)CC1. The van der Waals surface area contributed by atoms with Crippen LogP contribution in [0.2, 0.25) is 0 Å². The summed E-state index contributed by atoms with van der Waals surface area (Å²) in [4.78, 5) is 18.4. The van der Waals surface area contributed by atoms with Crippen LogP contribution in [0.25, 0.3) is 22.7 Å². The topological polar surface area (TPSA) is 68.5 Å². The first-order valence-electron chi connectivity index (χ1n) is 13.0. The molecular formula is C27H37FN6. The van der Waals surface area contributed by atoms with Gasteiger partial charge in [0, 0.05) is 18.8 Å². The third-order valence-corrected chi connectivity index (χ3v) is 8.09. The fraction of sp³-hybridized carbons (Fsp3) is 0.630. The van der Waals surface area contributed by atoms with Crippen LogP contribution in [0.15, 0.2) is 18.6 Å². The van der Waals surface area contributed by atoms with Crippen molar-refractivity contribution in [3.05, 3.63) is 30.0 Å². The second kappa shape index (κ2) is 9.59. The van der Waals surface area contributed by atoms with Crippen molar-refractivity contribution < 1.29 is 4.39 Å². The normalized spacial score (nSPS) is 22.2. The van der Waals surface area contributed by atoms with Gasteiger partial charge in [0.2, 0.25) is 0 Å². The highest BCUT2D eigenvalue weighted by Gasteiger charge is 2.28. The average molecular weight is 465 g/mol. The van der Waals surface area contributed by atoms with E-state index >= 15 is 4.39 Å². The molecule has 2 aliphatic rings. The van der Waals surface area contributed by atoms with Crippen LogP contribution in [0.1, 0.15) is 84.1 Å². The van der Waals surface area contributed by atoms with Crippen molar-refractivity contribution in [1.29, 1.82) is 0 Å². The molecule has 0 saturated heterocycles. The molecule has 182 valence electrons. The Morgan fingerprint density at radius 2 is 1.82 bits per heavy atom. The molecule has 1 N–H and O–H groups in total. The van der Waals surface area contributed by atoms with Crippen molar-refractivity contribution >= 4 is 17.0 Å². The first kappa shape index (κ1) is 23.2. The standard InChI is InChI=1S/C27H37FN6/c1-16(2)21-12-13-29-23(22(21)28)27-33-26-24(34(27)14-19-10-8-17(3)9-11-19)25(30-15-31-26)32-18(4)20-6-5-7-20/h12-13,15-20H,5-11,14H2,1-4H3,(H,30,31,32)/t17?,18-,19?/m1/s1. The molecule has 1 atom stereocenters. The van der Waals surface area contributed by atoms with Crippen molar-refractivity contribution in [2.24, 2.45) is 17.8 Å². The number of nitrogens with zero attached hydrogens (tertiary/aromatic N) is 5. The highest BCUT2D eigenvalue weighted by atomic mass is 19.1. The maximum Gasteiger partial charge on any atom is 0.183 e. The molecule has 2 saturated carbocycles. The number of rotatable bonds is 7. The van der Waals surface area contributed by atoms with E-state index in [1.54, 1.807) is 18.6 Å². The minimum Gasteiger partial charge on any atom is -0.365 e. The maximum atomic E-state index is 15.6. The Morgan fingerprint density at radius 3 is 2.50 bits per heavy atom. The van der Waals surface area contributed by atoms with Crippen LogP contribution in [0, 0.1) is 23.6 Å². The minimum absolute atomic E-state index is 0.0692. The summed E-state index contributed by atoms with van der Waals surface area (Å²) in [7, 11) is 0. The lowest BCUT2D eigenvalue weighted by Gasteiger charge is -2.32. The highest BCUT2D eigenvalue weighted by molar-refractivity contribution is 5.86. The molecule has 0 spiro atoms. The van der Waals surface area contributed by atoms with Crippen molar-refractivity contribution in [3.63, 3.8) is 0 Å². The van der Waals surface area contributed by atoms with Crippen LogP contribution >= 0.6 is 0 Å². The molecule has 7 heteroatoms. The summed E-state index contributed by atoms with van der Waals surface area (Å²) in [5.74, 6) is 3.13. The number of anilines is 1. The molecule has 3 aromatic rings. The van der Waals surface area contributed by atoms with Crippen LogP contribution in [-0.2, 0) is 6.54 Å². The summed E-state index contributed by atoms with van der Waals surface area (Å²) in [6.45, 7) is 9.36. The molecule has 0 aliphatic heterocycles. The zero-order chi connectivity index (χ0) is 23.8. The molecule has 0 bridgehead atoms. The lowest BCUT2D eigenvalue weighted by molar-refractivity contribution is 0.267. The Labute approximate surface area is 201 Å². The van der Waals surface area contributed by atoms with Gasteiger partial charge in [-0.25, -0.2) is 24.3 Å². The van der Waals surface area contributed by atoms with E-state index in [0.717, 1.165) is 23.8 Å². The van der Waals surface area contributed by atoms with E-state index in [-0.39, 0.29) is 11.7 Å². The van der Waals surface area contributed by atoms with Crippen LogP contribution in [0.4, 0.5) is 10.2 Å². The van der Waals surface area contributed by atoms with Gasteiger partial charge in [-0.05, 0) is 67.9 Å². The number of pyridine rings is 1. The number of hydrogen-bond acceptors (Lipinski definition) is 5. The summed E-state index contributed by atoms with van der Waals surface area (Å²) in [5.41, 5.74) is 2.46. The van der Waals surface area contributed by atoms with Gasteiger partial charge in [0.15, 0.2) is 23.1 Å². The van der Waals surface area contributed by atoms with E-state index in [0.29, 0.717) is 40.6 Å². The van der Waals surface area contributed by atoms with Gasteiger partial charge in [0.1, 0.15) is 17.5 Å². The molecule has 34 heavy (non-hydrogen) atoms. The molecule has 6 nitrogen and oxygen atoms in total. The van der Waals surface area contributed by atoms with Crippen molar-refractivity contribution in [1.82, 2.24) is 24.5 Å². The monoisotopic (exact) mass is 464 g/mol. The number of halogens is 1. The Morgan fingerprint density at radius 1 is 1.06 bits per heavy atom. The summed E-state index contributed by atoms with van der Waals surface area (Å²) < 4.78 is 17.8. The van der Waals surface area contributed by atoms with E-state index in [9.17, 15) is 0 Å². The minimum atomic E-state index is -0.281. The van der Waals surface area contributed by atoms with Gasteiger partial charge in [-0.3, -0.25) is 0 Å². The van der Waals surface area contributed by atoms with E-state index in [2.05, 4.69) is 38.7 Å². The van der Waals surface area contributed by atoms with Crippen molar-refractivity contribution in [2.75, 3.05) is 5.32 Å². The van der Waals surface area contributed by atoms with Gasteiger partial charge in [-0.2, -0.15) is 0 Å². The van der Waals surface area contributed by atoms with E-state index < -0.39 is 0 Å². The lowest BCUT2D eigenvalue weighted by Crippen LogP contribution is -2.31. The molecule has 3 aromatic heterocycles. The second-order valence-corrected chi connectivity index (χ2v) is 10.9. The predicted octanol–water partition coefficient (Wildman–Crippen LogP) is 6.58. The molecule has 2 fully saturated rings. The zero-order valence-corrected chi connectivity index (χ0v) is 20.9. The fourth-order valence-electron chi connectivity index (χ4n) is 5.53. The molecule has 0 aromatic carbocycles. The van der Waals surface area contributed by atoms with Gasteiger partial charge in [-0.1, -0.05) is 40.0 Å². The number of fused-ring (bicyclic) bond motifs is 1. The summed E-state index contributed by atoms with van der Waals surface area (Å²) >= 11 is 0. The number of imidazole rings is 1. The van der Waals surface area contributed by atoms with Crippen molar-refractivity contribution in [2.45, 2.75) is 91.1 Å². The zero-order valence-electron chi connectivity index (χ0n) is 20.9. The number of aromatic nitrogens is 5. The van der Waals surface area contributed by atoms with E-state index in [1.807, 2.05) is 13.8 Å². The molecule has 0 unspecified atom stereocenters. The molecule has 3 heterocycles. The van der Waals surface area contributed by atoms with E-state index in [4.69, 9.17) is 4.98 Å². The Hall–Kier alpha value is -2.57. The van der Waals surface area contributed by atoms with Gasteiger partial charge >= 0.3 is 0 Å². The van der Waals surface area contributed by atoms with Crippen LogP contribution < -0.4 is 5.32 Å². The number of nitrogens with one attached hydrogen (secondary N) is 1. The van der Waals surface area contributed by atoms with Crippen molar-refractivity contribution in [3.8, 4) is 11.5 Å². The second-order valence-electron chi connectivity index (χ2n) is 10.9. The Balaban J connectivity index is 1.61. The molecule has 5 rings (SSSR count). The summed E-state index contributed by atoms with van der Waals surface area (Å²) in [6.07, 6.45) is 11.9. The fourth-order valence-corrected chi connectivity index (χ4v) is 5.53. The van der Waals surface area contributed by atoms with Gasteiger partial charge < -0.3 is 9.88 Å². The molecule has 0 amide bonds. The largest absolute Gasteiger partial charge is 0.365 e. The average Bonchev–Trinajstić information content (AvgIpc) is 3.13. The van der Waals surface area contributed by atoms with Gasteiger partial charge in [0.05, 0.1) is 0 Å². The Kier molecular flexibility index (Phi) is 6.54. The lowest BCUT2D eigenvalue weighted by atomic mass is 9.80. The van der Waals surface area contributed by atoms with Crippen LogP contribution in [-0.4, -0.2) is 30.5 Å². The first-order valence-corrected chi connectivity index (χ1v) is 13.0. The van der Waals surface area contributed by atoms with Gasteiger partial charge in [-0.15, -0.1) is 0 Å². The van der Waals surface area contributed by atoms with E-state index in [1.165, 1.54) is 44.9 Å². The summed E-state index contributed by atoms with van der Waals surface area (Å²) in [6, 6.07) is 2.10. The smallest absolute Gasteiger partial charge is 0.183 e.